The third kappa shape index (κ3) is 8.30. The Morgan fingerprint density at radius 3 is 2.47 bits per heavy atom. The molecule has 0 aliphatic carbocycles. The van der Waals surface area contributed by atoms with Crippen LogP contribution in [0.3, 0.4) is 0 Å². The minimum Gasteiger partial charge on any atom is -0.481 e. The average molecular weight is 233 g/mol. The van der Waals surface area contributed by atoms with Gasteiger partial charge in [-0.05, 0) is 13.3 Å². The van der Waals surface area contributed by atoms with Gasteiger partial charge in [-0.15, -0.1) is 11.8 Å². The van der Waals surface area contributed by atoms with Gasteiger partial charge in [0.05, 0.1) is 12.2 Å². The zero-order valence-corrected chi connectivity index (χ0v) is 10.3. The third-order valence-corrected chi connectivity index (χ3v) is 3.15. The number of nitrogens with one attached hydrogen (secondary N) is 1. The van der Waals surface area contributed by atoms with Crippen molar-refractivity contribution in [2.45, 2.75) is 44.9 Å². The molecule has 0 bridgehead atoms. The van der Waals surface area contributed by atoms with Crippen molar-refractivity contribution in [1.82, 2.24) is 5.32 Å². The second-order valence-corrected chi connectivity index (χ2v) is 5.02. The molecular formula is C10H19NO3S. The van der Waals surface area contributed by atoms with E-state index in [1.54, 1.807) is 0 Å². The molecule has 5 heteroatoms. The van der Waals surface area contributed by atoms with E-state index >= 15 is 0 Å². The van der Waals surface area contributed by atoms with Crippen LogP contribution in [0.5, 0.6) is 0 Å². The largest absolute Gasteiger partial charge is 0.481 e. The second-order valence-electron chi connectivity index (χ2n) is 3.60. The van der Waals surface area contributed by atoms with Gasteiger partial charge in [-0.2, -0.15) is 0 Å². The van der Waals surface area contributed by atoms with Gasteiger partial charge in [0.25, 0.3) is 0 Å². The van der Waals surface area contributed by atoms with Crippen LogP contribution >= 0.6 is 11.8 Å². The second kappa shape index (κ2) is 7.56. The number of carbonyl (C=O) groups is 2. The summed E-state index contributed by atoms with van der Waals surface area (Å²) in [7, 11) is 0. The smallest absolute Gasteiger partial charge is 0.304 e. The highest BCUT2D eigenvalue weighted by Gasteiger charge is 2.11. The summed E-state index contributed by atoms with van der Waals surface area (Å²) in [6.45, 7) is 5.77. The number of thioether (sulfide) groups is 1. The summed E-state index contributed by atoms with van der Waals surface area (Å²) in [5, 5.41) is 11.3. The molecule has 0 radical (unpaired) electrons. The Morgan fingerprint density at radius 2 is 2.00 bits per heavy atom. The van der Waals surface area contributed by atoms with E-state index in [1.807, 2.05) is 20.8 Å². The van der Waals surface area contributed by atoms with Gasteiger partial charge >= 0.3 is 5.97 Å². The van der Waals surface area contributed by atoms with E-state index in [2.05, 4.69) is 5.32 Å². The third-order valence-electron chi connectivity index (χ3n) is 1.98. The van der Waals surface area contributed by atoms with Crippen LogP contribution in [0.2, 0.25) is 0 Å². The van der Waals surface area contributed by atoms with Crippen molar-refractivity contribution in [1.29, 1.82) is 0 Å². The summed E-state index contributed by atoms with van der Waals surface area (Å²) in [5.41, 5.74) is 0. The maximum absolute atomic E-state index is 11.3. The average Bonchev–Trinajstić information content (AvgIpc) is 2.13. The summed E-state index contributed by atoms with van der Waals surface area (Å²) >= 11 is 1.37. The fraction of sp³-hybridized carbons (Fsp3) is 0.800. The summed E-state index contributed by atoms with van der Waals surface area (Å²) in [4.78, 5) is 21.7. The Hall–Kier alpha value is -0.710. The van der Waals surface area contributed by atoms with Gasteiger partial charge in [0, 0.05) is 11.3 Å². The Bertz CT molecular complexity index is 221. The first-order valence-electron chi connectivity index (χ1n) is 5.08. The molecule has 15 heavy (non-hydrogen) atoms. The minimum absolute atomic E-state index is 0.0217. The maximum atomic E-state index is 11.3. The van der Waals surface area contributed by atoms with E-state index in [0.717, 1.165) is 6.42 Å². The lowest BCUT2D eigenvalue weighted by molar-refractivity contribution is -0.136. The highest BCUT2D eigenvalue weighted by atomic mass is 32.2. The lowest BCUT2D eigenvalue weighted by Gasteiger charge is -2.12. The van der Waals surface area contributed by atoms with Gasteiger partial charge in [0.2, 0.25) is 5.91 Å². The summed E-state index contributed by atoms with van der Waals surface area (Å²) < 4.78 is 0. The molecule has 2 N–H and O–H groups in total. The number of carboxylic acids is 1. The van der Waals surface area contributed by atoms with E-state index in [4.69, 9.17) is 5.11 Å². The van der Waals surface area contributed by atoms with E-state index in [0.29, 0.717) is 5.75 Å². The number of aliphatic carboxylic acids is 1. The lowest BCUT2D eigenvalue weighted by Crippen LogP contribution is -2.33. The maximum Gasteiger partial charge on any atom is 0.304 e. The van der Waals surface area contributed by atoms with Crippen LogP contribution in [0, 0.1) is 0 Å². The quantitative estimate of drug-likeness (QED) is 0.699. The molecule has 0 spiro atoms. The highest BCUT2D eigenvalue weighted by molar-refractivity contribution is 8.00. The first-order chi connectivity index (χ1) is 6.95. The molecule has 0 fully saturated rings. The van der Waals surface area contributed by atoms with Gasteiger partial charge in [-0.25, -0.2) is 0 Å². The fourth-order valence-corrected chi connectivity index (χ4v) is 1.72. The van der Waals surface area contributed by atoms with Crippen LogP contribution in [0.25, 0.3) is 0 Å². The number of carbonyl (C=O) groups excluding carboxylic acids is 1. The highest BCUT2D eigenvalue weighted by Crippen LogP contribution is 2.13. The van der Waals surface area contributed by atoms with E-state index in [1.165, 1.54) is 11.8 Å². The predicted octanol–water partition coefficient (Wildman–Crippen LogP) is 1.50. The van der Waals surface area contributed by atoms with Crippen molar-refractivity contribution in [3.05, 3.63) is 0 Å². The van der Waals surface area contributed by atoms with Crippen molar-refractivity contribution in [2.75, 3.05) is 5.75 Å². The molecule has 0 aromatic rings. The molecule has 2 unspecified atom stereocenters. The van der Waals surface area contributed by atoms with Gasteiger partial charge in [-0.1, -0.05) is 13.8 Å². The Labute approximate surface area is 94.8 Å². The molecule has 0 rings (SSSR count). The number of hydrogen-bond donors (Lipinski definition) is 2. The fourth-order valence-electron chi connectivity index (χ4n) is 0.941. The molecule has 0 heterocycles. The molecule has 0 aliphatic heterocycles. The van der Waals surface area contributed by atoms with Crippen LogP contribution in [-0.4, -0.2) is 34.0 Å². The molecule has 0 aliphatic rings. The monoisotopic (exact) mass is 233 g/mol. The van der Waals surface area contributed by atoms with Crippen molar-refractivity contribution in [2.24, 2.45) is 0 Å². The zero-order valence-electron chi connectivity index (χ0n) is 9.45. The summed E-state index contributed by atoms with van der Waals surface area (Å²) in [6.07, 6.45) is 1.00. The molecule has 0 saturated heterocycles. The molecule has 1 amide bonds. The molecule has 2 atom stereocenters. The number of amides is 1. The van der Waals surface area contributed by atoms with Crippen molar-refractivity contribution in [3.8, 4) is 0 Å². The first-order valence-corrected chi connectivity index (χ1v) is 6.13. The summed E-state index contributed by atoms with van der Waals surface area (Å²) in [5.74, 6) is -0.511. The SMILES string of the molecule is CCC(C)NC(=O)CSC(C)CC(=O)O. The van der Waals surface area contributed by atoms with E-state index in [9.17, 15) is 9.59 Å². The lowest BCUT2D eigenvalue weighted by atomic mass is 10.3. The number of hydrogen-bond acceptors (Lipinski definition) is 3. The predicted molar refractivity (Wildman–Crippen MR) is 62.1 cm³/mol. The van der Waals surface area contributed by atoms with Crippen LogP contribution in [0.1, 0.15) is 33.6 Å². The molecular weight excluding hydrogens is 214 g/mol. The van der Waals surface area contributed by atoms with Gasteiger partial charge in [0.15, 0.2) is 0 Å². The van der Waals surface area contributed by atoms with Gasteiger partial charge in [-0.3, -0.25) is 9.59 Å². The number of carboxylic acid groups (broad SMARTS) is 1. The first kappa shape index (κ1) is 14.3. The summed E-state index contributed by atoms with van der Waals surface area (Å²) in [6, 6.07) is 0.188. The van der Waals surface area contributed by atoms with Crippen molar-refractivity contribution in [3.63, 3.8) is 0 Å². The molecule has 4 nitrogen and oxygen atoms in total. The van der Waals surface area contributed by atoms with Gasteiger partial charge in [0.1, 0.15) is 0 Å². The molecule has 0 aromatic carbocycles. The Balaban J connectivity index is 3.66. The molecule has 0 aromatic heterocycles. The minimum atomic E-state index is -0.822. The molecule has 0 saturated carbocycles. The standard InChI is InChI=1S/C10H19NO3S/c1-4-7(2)11-9(12)6-15-8(3)5-10(13)14/h7-8H,4-6H2,1-3H3,(H,11,12)(H,13,14). The topological polar surface area (TPSA) is 66.4 Å². The van der Waals surface area contributed by atoms with E-state index in [-0.39, 0.29) is 23.6 Å². The van der Waals surface area contributed by atoms with Crippen LogP contribution in [-0.2, 0) is 9.59 Å². The number of rotatable bonds is 7. The Morgan fingerprint density at radius 1 is 1.40 bits per heavy atom. The van der Waals surface area contributed by atoms with E-state index < -0.39 is 5.97 Å². The molecule has 88 valence electrons. The Kier molecular flexibility index (Phi) is 7.21. The van der Waals surface area contributed by atoms with Crippen molar-refractivity contribution >= 4 is 23.6 Å². The van der Waals surface area contributed by atoms with Crippen molar-refractivity contribution < 1.29 is 14.7 Å². The zero-order chi connectivity index (χ0) is 11.8. The van der Waals surface area contributed by atoms with Gasteiger partial charge < -0.3 is 10.4 Å². The van der Waals surface area contributed by atoms with Crippen LogP contribution < -0.4 is 5.32 Å². The van der Waals surface area contributed by atoms with Crippen LogP contribution in [0.15, 0.2) is 0 Å². The normalized spacial score (nSPS) is 14.3. The van der Waals surface area contributed by atoms with Crippen LogP contribution in [0.4, 0.5) is 0 Å².